The second-order valence-corrected chi connectivity index (χ2v) is 5.61. The molecular formula is C9H16O6S. The first-order chi connectivity index (χ1) is 7.35. The zero-order chi connectivity index (χ0) is 12.8. The van der Waals surface area contributed by atoms with Gasteiger partial charge in [-0.15, -0.1) is 0 Å². The van der Waals surface area contributed by atoms with Crippen LogP contribution < -0.4 is 0 Å². The number of ether oxygens (including phenoxy) is 1. The van der Waals surface area contributed by atoms with Crippen LogP contribution in [0.2, 0.25) is 0 Å². The van der Waals surface area contributed by atoms with E-state index >= 15 is 0 Å². The van der Waals surface area contributed by atoms with Gasteiger partial charge >= 0.3 is 11.9 Å². The Labute approximate surface area is 94.5 Å². The molecule has 7 heteroatoms. The maximum Gasteiger partial charge on any atom is 0.321 e. The Morgan fingerprint density at radius 3 is 2.31 bits per heavy atom. The second kappa shape index (κ2) is 6.47. The Balaban J connectivity index is 4.61. The van der Waals surface area contributed by atoms with E-state index in [0.29, 0.717) is 6.42 Å². The van der Waals surface area contributed by atoms with Crippen molar-refractivity contribution in [2.75, 3.05) is 12.9 Å². The van der Waals surface area contributed by atoms with Crippen LogP contribution in [-0.2, 0) is 24.2 Å². The molecule has 0 aliphatic heterocycles. The second-order valence-electron chi connectivity index (χ2n) is 3.31. The zero-order valence-electron chi connectivity index (χ0n) is 9.30. The molecule has 0 aliphatic carbocycles. The highest BCUT2D eigenvalue weighted by molar-refractivity contribution is 7.92. The van der Waals surface area contributed by atoms with Crippen LogP contribution in [0.5, 0.6) is 0 Å². The minimum atomic E-state index is -3.79. The van der Waals surface area contributed by atoms with Gasteiger partial charge in [-0.2, -0.15) is 0 Å². The summed E-state index contributed by atoms with van der Waals surface area (Å²) in [5.74, 6) is -2.52. The van der Waals surface area contributed by atoms with E-state index in [-0.39, 0.29) is 12.8 Å². The number of rotatable bonds is 7. The molecule has 0 aromatic carbocycles. The first-order valence-electron chi connectivity index (χ1n) is 4.86. The largest absolute Gasteiger partial charge is 0.480 e. The predicted molar refractivity (Wildman–Crippen MR) is 56.8 cm³/mol. The average molecular weight is 252 g/mol. The molecule has 1 N–H and O–H groups in total. The van der Waals surface area contributed by atoms with Crippen LogP contribution in [-0.4, -0.2) is 43.6 Å². The van der Waals surface area contributed by atoms with E-state index in [0.717, 1.165) is 7.11 Å². The highest BCUT2D eigenvalue weighted by Crippen LogP contribution is 2.11. The number of carbonyl (C=O) groups excluding carboxylic acids is 1. The third kappa shape index (κ3) is 4.61. The van der Waals surface area contributed by atoms with Crippen molar-refractivity contribution >= 4 is 21.8 Å². The molecule has 0 saturated carbocycles. The lowest BCUT2D eigenvalue weighted by Gasteiger charge is -2.11. The van der Waals surface area contributed by atoms with Crippen LogP contribution in [0.3, 0.4) is 0 Å². The van der Waals surface area contributed by atoms with Crippen molar-refractivity contribution in [2.45, 2.75) is 31.4 Å². The maximum absolute atomic E-state index is 11.6. The molecule has 1 unspecified atom stereocenters. The lowest BCUT2D eigenvalue weighted by Crippen LogP contribution is -2.32. The summed E-state index contributed by atoms with van der Waals surface area (Å²) in [6, 6.07) is 0. The van der Waals surface area contributed by atoms with Crippen molar-refractivity contribution in [3.8, 4) is 0 Å². The van der Waals surface area contributed by atoms with Gasteiger partial charge in [0.05, 0.1) is 19.3 Å². The van der Waals surface area contributed by atoms with Gasteiger partial charge in [-0.25, -0.2) is 8.42 Å². The number of hydrogen-bond acceptors (Lipinski definition) is 5. The molecule has 0 radical (unpaired) electrons. The smallest absolute Gasteiger partial charge is 0.321 e. The SMILES string of the molecule is CCCC(C(=O)O)S(=O)(=O)CCC(=O)OC. The molecule has 6 nitrogen and oxygen atoms in total. The normalized spacial score (nSPS) is 13.1. The molecule has 0 fully saturated rings. The number of carboxylic acids is 1. The maximum atomic E-state index is 11.6. The van der Waals surface area contributed by atoms with Gasteiger partial charge in [0.15, 0.2) is 15.1 Å². The Bertz CT molecular complexity index is 345. The van der Waals surface area contributed by atoms with E-state index in [4.69, 9.17) is 5.11 Å². The molecule has 0 saturated heterocycles. The van der Waals surface area contributed by atoms with E-state index in [9.17, 15) is 18.0 Å². The minimum Gasteiger partial charge on any atom is -0.480 e. The lowest BCUT2D eigenvalue weighted by molar-refractivity contribution is -0.140. The summed E-state index contributed by atoms with van der Waals surface area (Å²) in [4.78, 5) is 21.5. The van der Waals surface area contributed by atoms with Gasteiger partial charge in [-0.05, 0) is 6.42 Å². The third-order valence-corrected chi connectivity index (χ3v) is 4.16. The lowest BCUT2D eigenvalue weighted by atomic mass is 10.2. The fraction of sp³-hybridized carbons (Fsp3) is 0.778. The average Bonchev–Trinajstić information content (AvgIpc) is 2.21. The summed E-state index contributed by atoms with van der Waals surface area (Å²) < 4.78 is 27.5. The quantitative estimate of drug-likeness (QED) is 0.651. The van der Waals surface area contributed by atoms with E-state index in [1.165, 1.54) is 0 Å². The van der Waals surface area contributed by atoms with Crippen LogP contribution in [0.15, 0.2) is 0 Å². The molecule has 94 valence electrons. The molecule has 16 heavy (non-hydrogen) atoms. The van der Waals surface area contributed by atoms with Gasteiger partial charge in [0.2, 0.25) is 0 Å². The highest BCUT2D eigenvalue weighted by Gasteiger charge is 2.31. The van der Waals surface area contributed by atoms with Gasteiger partial charge in [-0.1, -0.05) is 13.3 Å². The van der Waals surface area contributed by atoms with Crippen LogP contribution in [0.1, 0.15) is 26.2 Å². The van der Waals surface area contributed by atoms with Crippen LogP contribution in [0.25, 0.3) is 0 Å². The molecule has 0 aliphatic rings. The number of carboxylic acid groups (broad SMARTS) is 1. The van der Waals surface area contributed by atoms with Crippen molar-refractivity contribution in [3.05, 3.63) is 0 Å². The van der Waals surface area contributed by atoms with Crippen molar-refractivity contribution < 1.29 is 27.9 Å². The fourth-order valence-electron chi connectivity index (χ4n) is 1.19. The standard InChI is InChI=1S/C9H16O6S/c1-3-4-7(9(11)12)16(13,14)6-5-8(10)15-2/h7H,3-6H2,1-2H3,(H,11,12). The van der Waals surface area contributed by atoms with Crippen molar-refractivity contribution in [1.29, 1.82) is 0 Å². The summed E-state index contributed by atoms with van der Waals surface area (Å²) in [5, 5.41) is 7.34. The highest BCUT2D eigenvalue weighted by atomic mass is 32.2. The summed E-state index contributed by atoms with van der Waals surface area (Å²) >= 11 is 0. The van der Waals surface area contributed by atoms with Gasteiger partial charge in [0, 0.05) is 0 Å². The van der Waals surface area contributed by atoms with Crippen LogP contribution >= 0.6 is 0 Å². The Morgan fingerprint density at radius 1 is 1.38 bits per heavy atom. The molecule has 0 aromatic rings. The van der Waals surface area contributed by atoms with Gasteiger partial charge < -0.3 is 9.84 Å². The van der Waals surface area contributed by atoms with Gasteiger partial charge in [0.25, 0.3) is 0 Å². The third-order valence-electron chi connectivity index (χ3n) is 2.08. The van der Waals surface area contributed by atoms with Crippen LogP contribution in [0, 0.1) is 0 Å². The number of sulfone groups is 1. The molecule has 0 bridgehead atoms. The topological polar surface area (TPSA) is 97.7 Å². The van der Waals surface area contributed by atoms with Crippen LogP contribution in [0.4, 0.5) is 0 Å². The first kappa shape index (κ1) is 14.9. The molecule has 0 aromatic heterocycles. The first-order valence-corrected chi connectivity index (χ1v) is 6.57. The molecule has 1 atom stereocenters. The Morgan fingerprint density at radius 2 is 1.94 bits per heavy atom. The summed E-state index contributed by atoms with van der Waals surface area (Å²) in [7, 11) is -2.64. The van der Waals surface area contributed by atoms with Crippen molar-refractivity contribution in [3.63, 3.8) is 0 Å². The molecule has 0 heterocycles. The molecule has 0 spiro atoms. The number of carbonyl (C=O) groups is 2. The number of esters is 1. The van der Waals surface area contributed by atoms with Crippen molar-refractivity contribution in [1.82, 2.24) is 0 Å². The molecule has 0 amide bonds. The zero-order valence-corrected chi connectivity index (χ0v) is 10.1. The van der Waals surface area contributed by atoms with E-state index in [1.54, 1.807) is 6.92 Å². The number of aliphatic carboxylic acids is 1. The minimum absolute atomic E-state index is 0.0544. The summed E-state index contributed by atoms with van der Waals surface area (Å²) in [6.45, 7) is 1.70. The van der Waals surface area contributed by atoms with E-state index in [2.05, 4.69) is 4.74 Å². The van der Waals surface area contributed by atoms with Crippen molar-refractivity contribution in [2.24, 2.45) is 0 Å². The Kier molecular flexibility index (Phi) is 6.02. The fourth-order valence-corrected chi connectivity index (χ4v) is 2.83. The monoisotopic (exact) mass is 252 g/mol. The molecule has 0 rings (SSSR count). The number of hydrogen-bond donors (Lipinski definition) is 1. The molecular weight excluding hydrogens is 236 g/mol. The summed E-state index contributed by atoms with van der Waals surface area (Å²) in [5.41, 5.74) is 0. The van der Waals surface area contributed by atoms with E-state index < -0.39 is 32.8 Å². The van der Waals surface area contributed by atoms with Gasteiger partial charge in [0.1, 0.15) is 0 Å². The van der Waals surface area contributed by atoms with E-state index in [1.807, 2.05) is 0 Å². The van der Waals surface area contributed by atoms with Gasteiger partial charge in [-0.3, -0.25) is 9.59 Å². The summed E-state index contributed by atoms with van der Waals surface area (Å²) in [6.07, 6.45) is 0.194. The number of methoxy groups -OCH3 is 1. The Hall–Kier alpha value is -1.11. The predicted octanol–water partition coefficient (Wildman–Crippen LogP) is 0.218.